The first kappa shape index (κ1) is 23.3. The lowest BCUT2D eigenvalue weighted by atomic mass is 10.2. The second-order valence-corrected chi connectivity index (χ2v) is 6.86. The summed E-state index contributed by atoms with van der Waals surface area (Å²) < 4.78 is 16.9. The van der Waals surface area contributed by atoms with Crippen LogP contribution in [0.4, 0.5) is 0 Å². The van der Waals surface area contributed by atoms with Gasteiger partial charge in [0.25, 0.3) is 11.8 Å². The normalized spacial score (nSPS) is 10.6. The van der Waals surface area contributed by atoms with Gasteiger partial charge in [-0.1, -0.05) is 42.5 Å². The van der Waals surface area contributed by atoms with Crippen LogP contribution in [0.5, 0.6) is 17.2 Å². The molecule has 0 fully saturated rings. The molecule has 3 N–H and O–H groups in total. The Bertz CT molecular complexity index is 1120. The van der Waals surface area contributed by atoms with E-state index in [1.54, 1.807) is 42.5 Å². The number of para-hydroxylation sites is 1. The first-order valence-electron chi connectivity index (χ1n) is 10.3. The maximum Gasteiger partial charge on any atom is 0.271 e. The van der Waals surface area contributed by atoms with Gasteiger partial charge in [0, 0.05) is 11.1 Å². The highest BCUT2D eigenvalue weighted by Crippen LogP contribution is 2.29. The molecule has 3 aromatic carbocycles. The maximum absolute atomic E-state index is 12.6. The Hall–Kier alpha value is -4.33. The molecule has 0 unspecified atom stereocenters. The highest BCUT2D eigenvalue weighted by Gasteiger charge is 2.12. The van der Waals surface area contributed by atoms with Crippen LogP contribution in [0, 0.1) is 0 Å². The van der Waals surface area contributed by atoms with Crippen molar-refractivity contribution >= 4 is 18.0 Å². The number of hydrazone groups is 1. The minimum Gasteiger partial charge on any atom is -0.490 e. The lowest BCUT2D eigenvalue weighted by Crippen LogP contribution is -2.20. The number of nitrogens with two attached hydrogens (primary N) is 1. The molecule has 8 heteroatoms. The van der Waals surface area contributed by atoms with Crippen LogP contribution in [-0.4, -0.2) is 31.2 Å². The number of nitrogens with one attached hydrogen (secondary N) is 1. The zero-order valence-electron chi connectivity index (χ0n) is 18.2. The summed E-state index contributed by atoms with van der Waals surface area (Å²) in [5.41, 5.74) is 9.56. The summed E-state index contributed by atoms with van der Waals surface area (Å²) in [6.45, 7) is 2.41. The molecule has 0 bridgehead atoms. The molecule has 0 atom stereocenters. The smallest absolute Gasteiger partial charge is 0.271 e. The molecule has 0 saturated heterocycles. The van der Waals surface area contributed by atoms with Crippen molar-refractivity contribution in [2.45, 2.75) is 13.5 Å². The van der Waals surface area contributed by atoms with Crippen molar-refractivity contribution in [2.24, 2.45) is 10.8 Å². The van der Waals surface area contributed by atoms with Gasteiger partial charge in [0.2, 0.25) is 0 Å². The summed E-state index contributed by atoms with van der Waals surface area (Å²) in [5.74, 6) is 0.429. The van der Waals surface area contributed by atoms with Gasteiger partial charge >= 0.3 is 0 Å². The van der Waals surface area contributed by atoms with Crippen molar-refractivity contribution in [2.75, 3.05) is 13.2 Å². The second-order valence-electron chi connectivity index (χ2n) is 6.86. The van der Waals surface area contributed by atoms with Gasteiger partial charge < -0.3 is 19.9 Å². The van der Waals surface area contributed by atoms with Gasteiger partial charge in [-0.25, -0.2) is 5.43 Å². The van der Waals surface area contributed by atoms with Gasteiger partial charge in [0.15, 0.2) is 18.1 Å². The van der Waals surface area contributed by atoms with Gasteiger partial charge in [-0.2, -0.15) is 5.10 Å². The number of hydrogen-bond acceptors (Lipinski definition) is 6. The van der Waals surface area contributed by atoms with E-state index in [1.807, 2.05) is 37.3 Å². The molecule has 8 nitrogen and oxygen atoms in total. The molecule has 0 saturated carbocycles. The van der Waals surface area contributed by atoms with Crippen LogP contribution < -0.4 is 25.4 Å². The van der Waals surface area contributed by atoms with Crippen LogP contribution in [0.2, 0.25) is 0 Å². The van der Waals surface area contributed by atoms with Crippen molar-refractivity contribution in [1.29, 1.82) is 0 Å². The number of amides is 2. The zero-order chi connectivity index (χ0) is 23.5. The van der Waals surface area contributed by atoms with E-state index in [-0.39, 0.29) is 6.61 Å². The Labute approximate surface area is 192 Å². The first-order valence-corrected chi connectivity index (χ1v) is 10.3. The molecule has 0 radical (unpaired) electrons. The molecule has 3 rings (SSSR count). The van der Waals surface area contributed by atoms with E-state index in [1.165, 1.54) is 6.21 Å². The van der Waals surface area contributed by atoms with Crippen LogP contribution in [-0.2, 0) is 11.4 Å². The summed E-state index contributed by atoms with van der Waals surface area (Å²) in [6, 6.07) is 21.6. The average Bonchev–Trinajstić information content (AvgIpc) is 2.83. The minimum absolute atomic E-state index is 0.254. The highest BCUT2D eigenvalue weighted by molar-refractivity contribution is 5.95. The van der Waals surface area contributed by atoms with Crippen LogP contribution in [0.3, 0.4) is 0 Å². The van der Waals surface area contributed by atoms with Crippen molar-refractivity contribution in [1.82, 2.24) is 5.43 Å². The second kappa shape index (κ2) is 11.9. The van der Waals surface area contributed by atoms with Crippen LogP contribution in [0.15, 0.2) is 77.9 Å². The van der Waals surface area contributed by atoms with Gasteiger partial charge in [0.05, 0.1) is 12.8 Å². The van der Waals surface area contributed by atoms with Crippen LogP contribution in [0.1, 0.15) is 28.4 Å². The minimum atomic E-state index is -0.587. The van der Waals surface area contributed by atoms with E-state index >= 15 is 0 Å². The summed E-state index contributed by atoms with van der Waals surface area (Å²) >= 11 is 0. The Balaban J connectivity index is 1.66. The molecule has 2 amide bonds. The Morgan fingerprint density at radius 2 is 1.67 bits per heavy atom. The van der Waals surface area contributed by atoms with Crippen LogP contribution in [0.25, 0.3) is 0 Å². The number of ether oxygens (including phenoxy) is 3. The lowest BCUT2D eigenvalue weighted by molar-refractivity contribution is -0.119. The monoisotopic (exact) mass is 447 g/mol. The number of primary amides is 1. The molecule has 0 spiro atoms. The molecular weight excluding hydrogens is 422 g/mol. The van der Waals surface area contributed by atoms with Gasteiger partial charge in [0.1, 0.15) is 12.4 Å². The summed E-state index contributed by atoms with van der Waals surface area (Å²) in [5, 5.41) is 3.99. The van der Waals surface area contributed by atoms with Crippen molar-refractivity contribution in [3.05, 3.63) is 89.5 Å². The SMILES string of the molecule is CCOc1cc(C(=O)N/N=C/c2ccccc2OCC(N)=O)ccc1OCc1ccccc1. The van der Waals surface area contributed by atoms with E-state index < -0.39 is 11.8 Å². The summed E-state index contributed by atoms with van der Waals surface area (Å²) in [7, 11) is 0. The third-order valence-electron chi connectivity index (χ3n) is 4.40. The number of carbonyl (C=O) groups is 2. The number of nitrogens with zero attached hydrogens (tertiary/aromatic N) is 1. The predicted octanol–water partition coefficient (Wildman–Crippen LogP) is 3.29. The standard InChI is InChI=1S/C25H25N3O5/c1-2-31-23-14-19(12-13-22(23)32-16-18-8-4-3-5-9-18)25(30)28-27-15-20-10-6-7-11-21(20)33-17-24(26)29/h3-15H,2,16-17H2,1H3,(H2,26,29)(H,28,30)/b27-15+. The predicted molar refractivity (Wildman–Crippen MR) is 125 cm³/mol. The topological polar surface area (TPSA) is 112 Å². The lowest BCUT2D eigenvalue weighted by Gasteiger charge is -2.13. The maximum atomic E-state index is 12.6. The van der Waals surface area contributed by atoms with E-state index in [2.05, 4.69) is 10.5 Å². The Morgan fingerprint density at radius 1 is 0.909 bits per heavy atom. The third kappa shape index (κ3) is 7.10. The largest absolute Gasteiger partial charge is 0.490 e. The summed E-state index contributed by atoms with van der Waals surface area (Å²) in [4.78, 5) is 23.5. The highest BCUT2D eigenvalue weighted by atomic mass is 16.5. The van der Waals surface area contributed by atoms with Crippen molar-refractivity contribution < 1.29 is 23.8 Å². The number of carbonyl (C=O) groups excluding carboxylic acids is 2. The Kier molecular flexibility index (Phi) is 8.41. The van der Waals surface area contributed by atoms with E-state index in [0.717, 1.165) is 5.56 Å². The first-order chi connectivity index (χ1) is 16.1. The van der Waals surface area contributed by atoms with Gasteiger partial charge in [-0.15, -0.1) is 0 Å². The average molecular weight is 447 g/mol. The van der Waals surface area contributed by atoms with Gasteiger partial charge in [-0.05, 0) is 42.8 Å². The fraction of sp³-hybridized carbons (Fsp3) is 0.160. The molecular formula is C25H25N3O5. The van der Waals surface area contributed by atoms with E-state index in [0.29, 0.717) is 41.6 Å². The molecule has 170 valence electrons. The van der Waals surface area contributed by atoms with E-state index in [9.17, 15) is 9.59 Å². The van der Waals surface area contributed by atoms with Crippen molar-refractivity contribution in [3.8, 4) is 17.2 Å². The van der Waals surface area contributed by atoms with Gasteiger partial charge in [-0.3, -0.25) is 9.59 Å². The third-order valence-corrected chi connectivity index (χ3v) is 4.40. The quantitative estimate of drug-likeness (QED) is 0.346. The van der Waals surface area contributed by atoms with E-state index in [4.69, 9.17) is 19.9 Å². The molecule has 3 aromatic rings. The zero-order valence-corrected chi connectivity index (χ0v) is 18.2. The fourth-order valence-corrected chi connectivity index (χ4v) is 2.86. The molecule has 0 aliphatic heterocycles. The fourth-order valence-electron chi connectivity index (χ4n) is 2.86. The molecule has 0 aliphatic carbocycles. The van der Waals surface area contributed by atoms with Crippen molar-refractivity contribution in [3.63, 3.8) is 0 Å². The summed E-state index contributed by atoms with van der Waals surface area (Å²) in [6.07, 6.45) is 1.43. The van der Waals surface area contributed by atoms with Crippen LogP contribution >= 0.6 is 0 Å². The number of benzene rings is 3. The number of rotatable bonds is 11. The Morgan fingerprint density at radius 3 is 2.42 bits per heavy atom. The molecule has 0 aromatic heterocycles. The number of hydrogen-bond donors (Lipinski definition) is 2. The molecule has 33 heavy (non-hydrogen) atoms. The molecule has 0 heterocycles. The molecule has 0 aliphatic rings.